The Morgan fingerprint density at radius 2 is 1.87 bits per heavy atom. The minimum absolute atomic E-state index is 0.00131. The number of phenols is 1. The third-order valence-corrected chi connectivity index (χ3v) is 3.84. The SMILES string of the molecule is Cc1cccc(C(=O)OCC(=O)Nc2cccc(Cl)c2Cl)c1O. The summed E-state index contributed by atoms with van der Waals surface area (Å²) < 4.78 is 4.88. The summed E-state index contributed by atoms with van der Waals surface area (Å²) >= 11 is 11.8. The molecule has 2 aromatic rings. The van der Waals surface area contributed by atoms with Crippen LogP contribution in [0.15, 0.2) is 36.4 Å². The van der Waals surface area contributed by atoms with Crippen LogP contribution in [0.25, 0.3) is 0 Å². The lowest BCUT2D eigenvalue weighted by atomic mass is 10.1. The van der Waals surface area contributed by atoms with Gasteiger partial charge in [-0.25, -0.2) is 4.79 Å². The van der Waals surface area contributed by atoms with Gasteiger partial charge < -0.3 is 15.2 Å². The summed E-state index contributed by atoms with van der Waals surface area (Å²) in [4.78, 5) is 23.7. The van der Waals surface area contributed by atoms with E-state index in [4.69, 9.17) is 27.9 Å². The van der Waals surface area contributed by atoms with Crippen molar-refractivity contribution in [3.8, 4) is 5.75 Å². The third kappa shape index (κ3) is 4.15. The van der Waals surface area contributed by atoms with Crippen molar-refractivity contribution in [2.75, 3.05) is 11.9 Å². The van der Waals surface area contributed by atoms with E-state index >= 15 is 0 Å². The molecule has 0 heterocycles. The van der Waals surface area contributed by atoms with E-state index < -0.39 is 18.5 Å². The molecule has 0 saturated heterocycles. The zero-order chi connectivity index (χ0) is 17.0. The Labute approximate surface area is 142 Å². The van der Waals surface area contributed by atoms with Crippen LogP contribution in [-0.4, -0.2) is 23.6 Å². The second-order valence-corrected chi connectivity index (χ2v) is 5.48. The summed E-state index contributed by atoms with van der Waals surface area (Å²) in [7, 11) is 0. The molecule has 5 nitrogen and oxygen atoms in total. The van der Waals surface area contributed by atoms with Crippen molar-refractivity contribution < 1.29 is 19.4 Å². The number of aryl methyl sites for hydroxylation is 1. The highest BCUT2D eigenvalue weighted by atomic mass is 35.5. The zero-order valence-corrected chi connectivity index (χ0v) is 13.6. The molecule has 0 fully saturated rings. The molecule has 0 aromatic heterocycles. The molecule has 2 N–H and O–H groups in total. The summed E-state index contributed by atoms with van der Waals surface area (Å²) in [5, 5.41) is 12.8. The Kier molecular flexibility index (Phi) is 5.47. The molecule has 0 spiro atoms. The first kappa shape index (κ1) is 17.1. The fourth-order valence-corrected chi connectivity index (χ4v) is 2.17. The lowest BCUT2D eigenvalue weighted by Gasteiger charge is -2.10. The van der Waals surface area contributed by atoms with Crippen molar-refractivity contribution in [1.29, 1.82) is 0 Å². The monoisotopic (exact) mass is 353 g/mol. The smallest absolute Gasteiger partial charge is 0.342 e. The molecule has 1 amide bonds. The van der Waals surface area contributed by atoms with Crippen molar-refractivity contribution in [2.45, 2.75) is 6.92 Å². The average Bonchev–Trinajstić information content (AvgIpc) is 2.52. The first-order valence-electron chi connectivity index (χ1n) is 6.59. The highest BCUT2D eigenvalue weighted by Gasteiger charge is 2.16. The van der Waals surface area contributed by atoms with Crippen LogP contribution in [0.4, 0.5) is 5.69 Å². The number of carbonyl (C=O) groups excluding carboxylic acids is 2. The van der Waals surface area contributed by atoms with E-state index in [1.165, 1.54) is 6.07 Å². The highest BCUT2D eigenvalue weighted by Crippen LogP contribution is 2.29. The number of esters is 1. The fourth-order valence-electron chi connectivity index (χ4n) is 1.82. The van der Waals surface area contributed by atoms with Gasteiger partial charge in [0, 0.05) is 0 Å². The van der Waals surface area contributed by atoms with Crippen molar-refractivity contribution in [3.05, 3.63) is 57.6 Å². The number of halogens is 2. The van der Waals surface area contributed by atoms with Crippen LogP contribution in [0.3, 0.4) is 0 Å². The molecule has 0 saturated carbocycles. The first-order valence-corrected chi connectivity index (χ1v) is 7.35. The number of phenolic OH excluding ortho intramolecular Hbond substituents is 1. The van der Waals surface area contributed by atoms with E-state index in [0.717, 1.165) is 0 Å². The van der Waals surface area contributed by atoms with E-state index in [0.29, 0.717) is 16.3 Å². The van der Waals surface area contributed by atoms with E-state index in [1.54, 1.807) is 37.3 Å². The number of nitrogens with one attached hydrogen (secondary N) is 1. The van der Waals surface area contributed by atoms with Crippen molar-refractivity contribution >= 4 is 40.8 Å². The number of para-hydroxylation sites is 1. The molecule has 2 aromatic carbocycles. The number of benzene rings is 2. The number of ether oxygens (including phenoxy) is 1. The molecule has 120 valence electrons. The Morgan fingerprint density at radius 3 is 2.61 bits per heavy atom. The molecule has 7 heteroatoms. The van der Waals surface area contributed by atoms with Crippen LogP contribution in [-0.2, 0) is 9.53 Å². The van der Waals surface area contributed by atoms with Crippen molar-refractivity contribution in [3.63, 3.8) is 0 Å². The van der Waals surface area contributed by atoms with Gasteiger partial charge in [0.2, 0.25) is 0 Å². The maximum absolute atomic E-state index is 11.9. The standard InChI is InChI=1S/C16H13Cl2NO4/c1-9-4-2-5-10(15(9)21)16(22)23-8-13(20)19-12-7-3-6-11(17)14(12)18/h2-7,21H,8H2,1H3,(H,19,20). The zero-order valence-electron chi connectivity index (χ0n) is 12.1. The summed E-state index contributed by atoms with van der Waals surface area (Å²) in [5.74, 6) is -1.54. The quantitative estimate of drug-likeness (QED) is 0.819. The van der Waals surface area contributed by atoms with E-state index in [9.17, 15) is 14.7 Å². The molecule has 0 unspecified atom stereocenters. The van der Waals surface area contributed by atoms with Crippen molar-refractivity contribution in [2.24, 2.45) is 0 Å². The lowest BCUT2D eigenvalue weighted by molar-refractivity contribution is -0.119. The van der Waals surface area contributed by atoms with Gasteiger partial charge in [0.15, 0.2) is 6.61 Å². The predicted molar refractivity (Wildman–Crippen MR) is 88.2 cm³/mol. The molecule has 23 heavy (non-hydrogen) atoms. The summed E-state index contributed by atoms with van der Waals surface area (Å²) in [6, 6.07) is 9.45. The van der Waals surface area contributed by atoms with Gasteiger partial charge in [0.1, 0.15) is 11.3 Å². The normalized spacial score (nSPS) is 10.2. The van der Waals surface area contributed by atoms with Crippen LogP contribution in [0.2, 0.25) is 10.0 Å². The summed E-state index contributed by atoms with van der Waals surface area (Å²) in [6.45, 7) is 1.13. The van der Waals surface area contributed by atoms with Gasteiger partial charge in [-0.3, -0.25) is 4.79 Å². The molecule has 0 radical (unpaired) electrons. The maximum Gasteiger partial charge on any atom is 0.342 e. The molecule has 2 rings (SSSR count). The number of carbonyl (C=O) groups is 2. The average molecular weight is 354 g/mol. The van der Waals surface area contributed by atoms with E-state index in [2.05, 4.69) is 5.32 Å². The fraction of sp³-hybridized carbons (Fsp3) is 0.125. The van der Waals surface area contributed by atoms with Gasteiger partial charge in [0.25, 0.3) is 5.91 Å². The van der Waals surface area contributed by atoms with Gasteiger partial charge >= 0.3 is 5.97 Å². The number of hydrogen-bond donors (Lipinski definition) is 2. The van der Waals surface area contributed by atoms with Crippen LogP contribution in [0.1, 0.15) is 15.9 Å². The predicted octanol–water partition coefficient (Wildman–Crippen LogP) is 3.80. The third-order valence-electron chi connectivity index (χ3n) is 3.02. The van der Waals surface area contributed by atoms with Gasteiger partial charge in [-0.05, 0) is 30.7 Å². The largest absolute Gasteiger partial charge is 0.507 e. The highest BCUT2D eigenvalue weighted by molar-refractivity contribution is 6.44. The van der Waals surface area contributed by atoms with E-state index in [-0.39, 0.29) is 16.3 Å². The van der Waals surface area contributed by atoms with Crippen LogP contribution in [0.5, 0.6) is 5.75 Å². The number of hydrogen-bond acceptors (Lipinski definition) is 4. The number of anilines is 1. The molecule has 0 bridgehead atoms. The second kappa shape index (κ2) is 7.35. The van der Waals surface area contributed by atoms with Crippen LogP contribution >= 0.6 is 23.2 Å². The molecular formula is C16H13Cl2NO4. The molecule has 0 atom stereocenters. The van der Waals surface area contributed by atoms with Crippen LogP contribution in [0, 0.1) is 6.92 Å². The minimum atomic E-state index is -0.793. The number of aromatic hydroxyl groups is 1. The van der Waals surface area contributed by atoms with E-state index in [1.807, 2.05) is 0 Å². The second-order valence-electron chi connectivity index (χ2n) is 4.70. The lowest BCUT2D eigenvalue weighted by Crippen LogP contribution is -2.21. The Hall–Kier alpha value is -2.24. The van der Waals surface area contributed by atoms with Gasteiger partial charge in [-0.1, -0.05) is 41.4 Å². The van der Waals surface area contributed by atoms with Gasteiger partial charge in [0.05, 0.1) is 15.7 Å². The molecule has 0 aliphatic rings. The number of amides is 1. The van der Waals surface area contributed by atoms with Gasteiger partial charge in [-0.15, -0.1) is 0 Å². The summed E-state index contributed by atoms with van der Waals surface area (Å²) in [6.07, 6.45) is 0. The summed E-state index contributed by atoms with van der Waals surface area (Å²) in [5.41, 5.74) is 0.854. The Morgan fingerprint density at radius 1 is 1.17 bits per heavy atom. The van der Waals surface area contributed by atoms with Crippen LogP contribution < -0.4 is 5.32 Å². The van der Waals surface area contributed by atoms with Crippen molar-refractivity contribution in [1.82, 2.24) is 0 Å². The molecule has 0 aliphatic carbocycles. The topological polar surface area (TPSA) is 75.6 Å². The minimum Gasteiger partial charge on any atom is -0.507 e. The molecular weight excluding hydrogens is 341 g/mol. The van der Waals surface area contributed by atoms with Gasteiger partial charge in [-0.2, -0.15) is 0 Å². The Bertz CT molecular complexity index is 762. The molecule has 0 aliphatic heterocycles. The maximum atomic E-state index is 11.9. The Balaban J connectivity index is 1.98. The number of rotatable bonds is 4. The first-order chi connectivity index (χ1) is 10.9.